The quantitative estimate of drug-likeness (QED) is 0.504. The third kappa shape index (κ3) is 5.88. The largest absolute Gasteiger partial charge is 0.210 e. The summed E-state index contributed by atoms with van der Waals surface area (Å²) in [4.78, 5) is 0. The molecule has 0 aromatic rings. The SMILES string of the molecule is CCCCCC(F)=C(I)I. The average molecular weight is 368 g/mol. The molecule has 0 aliphatic carbocycles. The van der Waals surface area contributed by atoms with E-state index in [1.807, 2.05) is 45.2 Å². The van der Waals surface area contributed by atoms with Crippen LogP contribution in [0.5, 0.6) is 0 Å². The van der Waals surface area contributed by atoms with Crippen molar-refractivity contribution in [2.24, 2.45) is 0 Å². The second kappa shape index (κ2) is 6.82. The fourth-order valence-electron chi connectivity index (χ4n) is 0.625. The molecule has 0 radical (unpaired) electrons. The standard InChI is InChI=1S/C7H11FI2/c1-2-3-4-5-6(8)7(9)10/h2-5H2,1H3. The lowest BCUT2D eigenvalue weighted by Gasteiger charge is -1.95. The van der Waals surface area contributed by atoms with Crippen LogP contribution in [0.3, 0.4) is 0 Å². The van der Waals surface area contributed by atoms with Gasteiger partial charge in [-0.3, -0.25) is 0 Å². The highest BCUT2D eigenvalue weighted by Crippen LogP contribution is 2.25. The zero-order valence-corrected chi connectivity index (χ0v) is 10.3. The van der Waals surface area contributed by atoms with Gasteiger partial charge in [-0.1, -0.05) is 19.8 Å². The van der Waals surface area contributed by atoms with Gasteiger partial charge in [0.25, 0.3) is 0 Å². The molecule has 0 amide bonds. The van der Waals surface area contributed by atoms with Crippen LogP contribution in [0.2, 0.25) is 0 Å². The summed E-state index contributed by atoms with van der Waals surface area (Å²) in [6.07, 6.45) is 3.89. The molecule has 0 heterocycles. The highest BCUT2D eigenvalue weighted by atomic mass is 127. The van der Waals surface area contributed by atoms with Crippen LogP contribution in [-0.2, 0) is 0 Å². The maximum atomic E-state index is 12.7. The summed E-state index contributed by atoms with van der Waals surface area (Å²) >= 11 is 4.02. The molecule has 0 bridgehead atoms. The summed E-state index contributed by atoms with van der Waals surface area (Å²) in [5.74, 6) is 0.0506. The summed E-state index contributed by atoms with van der Waals surface area (Å²) in [7, 11) is 0. The fourth-order valence-corrected chi connectivity index (χ4v) is 1.16. The summed E-state index contributed by atoms with van der Waals surface area (Å²) < 4.78 is 13.5. The van der Waals surface area contributed by atoms with Crippen molar-refractivity contribution in [3.63, 3.8) is 0 Å². The van der Waals surface area contributed by atoms with E-state index < -0.39 is 0 Å². The van der Waals surface area contributed by atoms with Crippen molar-refractivity contribution in [1.82, 2.24) is 0 Å². The van der Waals surface area contributed by atoms with Crippen molar-refractivity contribution < 1.29 is 4.39 Å². The third-order valence-corrected chi connectivity index (χ3v) is 2.38. The topological polar surface area (TPSA) is 0 Å². The Morgan fingerprint density at radius 3 is 2.30 bits per heavy atom. The lowest BCUT2D eigenvalue weighted by Crippen LogP contribution is -1.76. The molecule has 0 aromatic carbocycles. The van der Waals surface area contributed by atoms with Crippen LogP contribution < -0.4 is 0 Å². The number of allylic oxidation sites excluding steroid dienone is 1. The monoisotopic (exact) mass is 368 g/mol. The van der Waals surface area contributed by atoms with Gasteiger partial charge in [-0.05, 0) is 51.6 Å². The first-order chi connectivity index (χ1) is 4.68. The van der Waals surface area contributed by atoms with Crippen molar-refractivity contribution in [1.29, 1.82) is 0 Å². The lowest BCUT2D eigenvalue weighted by molar-refractivity contribution is 0.562. The molecule has 0 spiro atoms. The summed E-state index contributed by atoms with van der Waals surface area (Å²) in [6.45, 7) is 2.12. The summed E-state index contributed by atoms with van der Waals surface area (Å²) in [5, 5.41) is 0. The first kappa shape index (κ1) is 11.1. The van der Waals surface area contributed by atoms with Crippen LogP contribution >= 0.6 is 45.2 Å². The van der Waals surface area contributed by atoms with Gasteiger partial charge < -0.3 is 0 Å². The van der Waals surface area contributed by atoms with Crippen LogP contribution in [0.4, 0.5) is 4.39 Å². The molecule has 0 N–H and O–H groups in total. The summed E-state index contributed by atoms with van der Waals surface area (Å²) in [5.41, 5.74) is 0. The molecule has 0 unspecified atom stereocenters. The summed E-state index contributed by atoms with van der Waals surface area (Å²) in [6, 6.07) is 0. The Bertz CT molecular complexity index is 117. The fraction of sp³-hybridized carbons (Fsp3) is 0.714. The number of hydrogen-bond acceptors (Lipinski definition) is 0. The lowest BCUT2D eigenvalue weighted by atomic mass is 10.2. The molecule has 0 fully saturated rings. The van der Waals surface area contributed by atoms with E-state index in [0.29, 0.717) is 6.42 Å². The van der Waals surface area contributed by atoms with Gasteiger partial charge in [0.2, 0.25) is 0 Å². The Kier molecular flexibility index (Phi) is 7.59. The van der Waals surface area contributed by atoms with Crippen LogP contribution in [0.25, 0.3) is 0 Å². The first-order valence-electron chi connectivity index (χ1n) is 3.38. The molecule has 0 aliphatic rings. The molecule has 60 valence electrons. The number of rotatable bonds is 4. The first-order valence-corrected chi connectivity index (χ1v) is 5.54. The van der Waals surface area contributed by atoms with E-state index in [1.54, 1.807) is 0 Å². The van der Waals surface area contributed by atoms with E-state index in [9.17, 15) is 4.39 Å². The van der Waals surface area contributed by atoms with Crippen molar-refractivity contribution in [3.8, 4) is 0 Å². The smallest absolute Gasteiger partial charge is 0.119 e. The van der Waals surface area contributed by atoms with Crippen LogP contribution in [0.15, 0.2) is 7.41 Å². The Morgan fingerprint density at radius 2 is 1.90 bits per heavy atom. The van der Waals surface area contributed by atoms with E-state index in [1.165, 1.54) is 0 Å². The number of hydrogen-bond donors (Lipinski definition) is 0. The van der Waals surface area contributed by atoms with Gasteiger partial charge in [0.15, 0.2) is 0 Å². The number of halogens is 3. The average Bonchev–Trinajstić information content (AvgIpc) is 1.88. The minimum absolute atomic E-state index is 0.0506. The van der Waals surface area contributed by atoms with Gasteiger partial charge in [-0.25, -0.2) is 4.39 Å². The molecular formula is C7H11FI2. The Labute approximate surface area is 88.9 Å². The molecule has 3 heteroatoms. The van der Waals surface area contributed by atoms with Gasteiger partial charge >= 0.3 is 0 Å². The molecule has 0 atom stereocenters. The van der Waals surface area contributed by atoms with Crippen LogP contribution in [0.1, 0.15) is 32.6 Å². The Hall–Kier alpha value is 1.13. The normalized spacial score (nSPS) is 9.60. The number of unbranched alkanes of at least 4 members (excludes halogenated alkanes) is 2. The van der Waals surface area contributed by atoms with Crippen molar-refractivity contribution in [3.05, 3.63) is 7.41 Å². The maximum absolute atomic E-state index is 12.7. The highest BCUT2D eigenvalue weighted by Gasteiger charge is 1.98. The second-order valence-corrected chi connectivity index (χ2v) is 6.34. The van der Waals surface area contributed by atoms with E-state index in [0.717, 1.165) is 20.8 Å². The van der Waals surface area contributed by atoms with Gasteiger partial charge in [0.05, 0.1) is 1.59 Å². The molecule has 0 aromatic heterocycles. The van der Waals surface area contributed by atoms with Crippen LogP contribution in [-0.4, -0.2) is 0 Å². The van der Waals surface area contributed by atoms with E-state index in [2.05, 4.69) is 6.92 Å². The van der Waals surface area contributed by atoms with Gasteiger partial charge in [-0.15, -0.1) is 0 Å². The zero-order valence-electron chi connectivity index (χ0n) is 5.96. The second-order valence-electron chi connectivity index (χ2n) is 2.12. The predicted molar refractivity (Wildman–Crippen MR) is 60.3 cm³/mol. The molecular weight excluding hydrogens is 357 g/mol. The maximum Gasteiger partial charge on any atom is 0.119 e. The minimum atomic E-state index is 0.0506. The minimum Gasteiger partial charge on any atom is -0.210 e. The zero-order chi connectivity index (χ0) is 7.98. The molecule has 0 saturated carbocycles. The third-order valence-electron chi connectivity index (χ3n) is 1.20. The molecule has 0 saturated heterocycles. The van der Waals surface area contributed by atoms with Crippen molar-refractivity contribution in [2.45, 2.75) is 32.6 Å². The van der Waals surface area contributed by atoms with Crippen molar-refractivity contribution >= 4 is 45.2 Å². The van der Waals surface area contributed by atoms with E-state index >= 15 is 0 Å². The van der Waals surface area contributed by atoms with Crippen molar-refractivity contribution in [2.75, 3.05) is 0 Å². The Balaban J connectivity index is 3.40. The van der Waals surface area contributed by atoms with Crippen LogP contribution in [0, 0.1) is 0 Å². The highest BCUT2D eigenvalue weighted by molar-refractivity contribution is 14.2. The van der Waals surface area contributed by atoms with Gasteiger partial charge in [0, 0.05) is 6.42 Å². The van der Waals surface area contributed by atoms with E-state index in [4.69, 9.17) is 0 Å². The van der Waals surface area contributed by atoms with Gasteiger partial charge in [-0.2, -0.15) is 0 Å². The molecule has 10 heavy (non-hydrogen) atoms. The molecule has 0 rings (SSSR count). The predicted octanol–water partition coefficient (Wildman–Crippen LogP) is 4.58. The molecule has 0 aliphatic heterocycles. The van der Waals surface area contributed by atoms with Gasteiger partial charge in [0.1, 0.15) is 5.83 Å². The van der Waals surface area contributed by atoms with E-state index in [-0.39, 0.29) is 5.83 Å². The molecule has 0 nitrogen and oxygen atoms in total. The Morgan fingerprint density at radius 1 is 1.30 bits per heavy atom.